The van der Waals surface area contributed by atoms with Gasteiger partial charge in [-0.25, -0.2) is 0 Å². The topological polar surface area (TPSA) is 85.8 Å². The Balaban J connectivity index is 1.80. The summed E-state index contributed by atoms with van der Waals surface area (Å²) in [5.74, 6) is 0.548. The molecule has 1 heterocycles. The average molecular weight is 436 g/mol. The molecule has 0 aromatic heterocycles. The molecule has 32 heavy (non-hydrogen) atoms. The zero-order valence-electron chi connectivity index (χ0n) is 19.5. The van der Waals surface area contributed by atoms with Gasteiger partial charge in [0.2, 0.25) is 5.96 Å². The van der Waals surface area contributed by atoms with Gasteiger partial charge < -0.3 is 15.5 Å². The molecule has 7 nitrogen and oxygen atoms in total. The predicted octanol–water partition coefficient (Wildman–Crippen LogP) is 4.11. The summed E-state index contributed by atoms with van der Waals surface area (Å²) in [5.41, 5.74) is 3.94. The number of carbonyl (C=O) groups excluding carboxylic acids is 2. The van der Waals surface area contributed by atoms with Gasteiger partial charge in [0.05, 0.1) is 0 Å². The molecule has 0 atom stereocenters. The lowest BCUT2D eigenvalue weighted by Gasteiger charge is -2.25. The Morgan fingerprint density at radius 2 is 1.75 bits per heavy atom. The number of nitrogens with one attached hydrogen (secondary N) is 3. The van der Waals surface area contributed by atoms with E-state index in [1.165, 1.54) is 0 Å². The highest BCUT2D eigenvalue weighted by Gasteiger charge is 2.17. The number of hydrogen-bond donors (Lipinski definition) is 3. The van der Waals surface area contributed by atoms with Crippen molar-refractivity contribution < 1.29 is 9.59 Å². The average Bonchev–Trinajstić information content (AvgIpc) is 2.75. The van der Waals surface area contributed by atoms with Gasteiger partial charge in [0.15, 0.2) is 0 Å². The predicted molar refractivity (Wildman–Crippen MR) is 130 cm³/mol. The molecule has 170 valence electrons. The Morgan fingerprint density at radius 3 is 2.44 bits per heavy atom. The third-order valence-corrected chi connectivity index (χ3v) is 5.26. The first-order valence-electron chi connectivity index (χ1n) is 11.1. The molecule has 1 aliphatic rings. The van der Waals surface area contributed by atoms with Crippen molar-refractivity contribution in [1.29, 1.82) is 0 Å². The van der Waals surface area contributed by atoms with Crippen LogP contribution in [0.2, 0.25) is 0 Å². The van der Waals surface area contributed by atoms with Gasteiger partial charge in [-0.05, 0) is 68.1 Å². The highest BCUT2D eigenvalue weighted by atomic mass is 16.2. The lowest BCUT2D eigenvalue weighted by atomic mass is 9.98. The van der Waals surface area contributed by atoms with Gasteiger partial charge in [-0.2, -0.15) is 0 Å². The molecule has 0 unspecified atom stereocenters. The molecule has 3 rings (SSSR count). The summed E-state index contributed by atoms with van der Waals surface area (Å²) >= 11 is 0. The van der Waals surface area contributed by atoms with Crippen molar-refractivity contribution in [2.75, 3.05) is 25.5 Å². The molecular weight excluding hydrogens is 402 g/mol. The summed E-state index contributed by atoms with van der Waals surface area (Å²) in [4.78, 5) is 31.5. The molecule has 0 saturated carbocycles. The first kappa shape index (κ1) is 23.3. The molecule has 2 aromatic carbocycles. The lowest BCUT2D eigenvalue weighted by Crippen LogP contribution is -2.44. The van der Waals surface area contributed by atoms with E-state index in [1.54, 1.807) is 6.07 Å². The standard InChI is InChI=1S/C25H33N5O2/c1-16(2)21-15-19(24(32)29-25-26-12-7-13-30(25)5)10-11-22(21)28-20-9-6-8-18(14-20)23(31)27-17(3)4/h6,8-11,14-17,28H,7,12-13H2,1-5H3,(H,27,31)(H,26,29,32). The molecule has 0 radical (unpaired) electrons. The second-order valence-corrected chi connectivity index (χ2v) is 8.73. The number of aliphatic imine (C=N–C) groups is 1. The summed E-state index contributed by atoms with van der Waals surface area (Å²) in [5, 5.41) is 9.25. The van der Waals surface area contributed by atoms with E-state index in [0.29, 0.717) is 17.1 Å². The van der Waals surface area contributed by atoms with Crippen LogP contribution in [0.25, 0.3) is 0 Å². The van der Waals surface area contributed by atoms with E-state index < -0.39 is 0 Å². The molecule has 7 heteroatoms. The van der Waals surface area contributed by atoms with Gasteiger partial charge in [-0.1, -0.05) is 19.9 Å². The van der Waals surface area contributed by atoms with Crippen LogP contribution in [0.3, 0.4) is 0 Å². The first-order chi connectivity index (χ1) is 15.2. The monoisotopic (exact) mass is 435 g/mol. The van der Waals surface area contributed by atoms with Crippen LogP contribution in [-0.2, 0) is 0 Å². The summed E-state index contributed by atoms with van der Waals surface area (Å²) in [6.07, 6.45) is 0.994. The molecule has 0 saturated heterocycles. The van der Waals surface area contributed by atoms with Crippen LogP contribution in [0.5, 0.6) is 0 Å². The van der Waals surface area contributed by atoms with Crippen LogP contribution in [0.1, 0.15) is 66.3 Å². The largest absolute Gasteiger partial charge is 0.355 e. The van der Waals surface area contributed by atoms with E-state index in [2.05, 4.69) is 34.8 Å². The van der Waals surface area contributed by atoms with E-state index in [0.717, 1.165) is 36.4 Å². The molecule has 2 aromatic rings. The highest BCUT2D eigenvalue weighted by molar-refractivity contribution is 6.06. The number of rotatable bonds is 6. The number of benzene rings is 2. The molecular formula is C25H33N5O2. The van der Waals surface area contributed by atoms with Gasteiger partial charge in [0, 0.05) is 48.7 Å². The minimum atomic E-state index is -0.168. The van der Waals surface area contributed by atoms with Crippen molar-refractivity contribution >= 4 is 29.1 Å². The third kappa shape index (κ3) is 5.87. The van der Waals surface area contributed by atoms with Crippen LogP contribution in [-0.4, -0.2) is 48.9 Å². The van der Waals surface area contributed by atoms with E-state index in [4.69, 9.17) is 0 Å². The van der Waals surface area contributed by atoms with Crippen LogP contribution in [0.4, 0.5) is 11.4 Å². The summed E-state index contributed by atoms with van der Waals surface area (Å²) < 4.78 is 0. The van der Waals surface area contributed by atoms with Gasteiger partial charge in [-0.15, -0.1) is 0 Å². The van der Waals surface area contributed by atoms with Crippen LogP contribution in [0.15, 0.2) is 47.5 Å². The lowest BCUT2D eigenvalue weighted by molar-refractivity contribution is 0.0941. The SMILES string of the molecule is CC(C)NC(=O)c1cccc(Nc2ccc(C(=O)NC3=NCCCN3C)cc2C(C)C)c1. The Morgan fingerprint density at radius 1 is 1.00 bits per heavy atom. The summed E-state index contributed by atoms with van der Waals surface area (Å²) in [7, 11) is 1.93. The number of amides is 2. The van der Waals surface area contributed by atoms with Crippen molar-refractivity contribution in [2.24, 2.45) is 4.99 Å². The summed E-state index contributed by atoms with van der Waals surface area (Å²) in [6, 6.07) is 13.1. The number of nitrogens with zero attached hydrogens (tertiary/aromatic N) is 2. The van der Waals surface area contributed by atoms with Gasteiger partial charge in [0.1, 0.15) is 0 Å². The fourth-order valence-electron chi connectivity index (χ4n) is 3.56. The number of anilines is 2. The molecule has 0 bridgehead atoms. The second-order valence-electron chi connectivity index (χ2n) is 8.73. The molecule has 2 amide bonds. The maximum atomic E-state index is 12.8. The fourth-order valence-corrected chi connectivity index (χ4v) is 3.56. The minimum Gasteiger partial charge on any atom is -0.355 e. The van der Waals surface area contributed by atoms with Gasteiger partial charge in [-0.3, -0.25) is 19.9 Å². The van der Waals surface area contributed by atoms with Crippen LogP contribution in [0, 0.1) is 0 Å². The summed E-state index contributed by atoms with van der Waals surface area (Å²) in [6.45, 7) is 9.67. The first-order valence-corrected chi connectivity index (χ1v) is 11.1. The Kier molecular flexibility index (Phi) is 7.51. The molecule has 0 aliphatic carbocycles. The van der Waals surface area contributed by atoms with Crippen molar-refractivity contribution in [1.82, 2.24) is 15.5 Å². The van der Waals surface area contributed by atoms with Crippen molar-refractivity contribution in [3.8, 4) is 0 Å². The molecule has 0 fully saturated rings. The quantitative estimate of drug-likeness (QED) is 0.637. The Labute approximate surface area is 190 Å². The minimum absolute atomic E-state index is 0.0738. The van der Waals surface area contributed by atoms with Crippen molar-refractivity contribution in [3.63, 3.8) is 0 Å². The van der Waals surface area contributed by atoms with Crippen LogP contribution >= 0.6 is 0 Å². The van der Waals surface area contributed by atoms with E-state index in [9.17, 15) is 9.59 Å². The fraction of sp³-hybridized carbons (Fsp3) is 0.400. The smallest absolute Gasteiger partial charge is 0.257 e. The van der Waals surface area contributed by atoms with Crippen molar-refractivity contribution in [2.45, 2.75) is 46.1 Å². The maximum absolute atomic E-state index is 12.8. The van der Waals surface area contributed by atoms with E-state index >= 15 is 0 Å². The zero-order valence-corrected chi connectivity index (χ0v) is 19.5. The van der Waals surface area contributed by atoms with Gasteiger partial charge >= 0.3 is 0 Å². The number of hydrogen-bond acceptors (Lipinski definition) is 5. The molecule has 1 aliphatic heterocycles. The Bertz CT molecular complexity index is 1010. The van der Waals surface area contributed by atoms with Gasteiger partial charge in [0.25, 0.3) is 11.8 Å². The third-order valence-electron chi connectivity index (χ3n) is 5.26. The normalized spacial score (nSPS) is 13.7. The van der Waals surface area contributed by atoms with Crippen LogP contribution < -0.4 is 16.0 Å². The molecule has 0 spiro atoms. The zero-order chi connectivity index (χ0) is 23.3. The van der Waals surface area contributed by atoms with E-state index in [-0.39, 0.29) is 23.8 Å². The molecule has 3 N–H and O–H groups in total. The highest BCUT2D eigenvalue weighted by Crippen LogP contribution is 2.29. The Hall–Kier alpha value is -3.35. The number of guanidine groups is 1. The maximum Gasteiger partial charge on any atom is 0.257 e. The number of carbonyl (C=O) groups is 2. The van der Waals surface area contributed by atoms with Crippen molar-refractivity contribution in [3.05, 3.63) is 59.2 Å². The van der Waals surface area contributed by atoms with E-state index in [1.807, 2.05) is 62.2 Å². The second kappa shape index (κ2) is 10.3.